The van der Waals surface area contributed by atoms with Gasteiger partial charge in [0.15, 0.2) is 0 Å². The van der Waals surface area contributed by atoms with Crippen molar-refractivity contribution >= 4 is 22.6 Å². The Labute approximate surface area is 190 Å². The molecule has 3 aromatic heterocycles. The molecule has 1 aliphatic carbocycles. The van der Waals surface area contributed by atoms with Gasteiger partial charge in [0.05, 0.1) is 17.1 Å². The number of aromatic nitrogens is 3. The minimum Gasteiger partial charge on any atom is -0.474 e. The van der Waals surface area contributed by atoms with Crippen molar-refractivity contribution in [3.63, 3.8) is 0 Å². The van der Waals surface area contributed by atoms with Crippen molar-refractivity contribution in [2.45, 2.75) is 31.8 Å². The number of pyridine rings is 3. The van der Waals surface area contributed by atoms with Gasteiger partial charge in [0.1, 0.15) is 18.0 Å². The van der Waals surface area contributed by atoms with Gasteiger partial charge in [-0.15, -0.1) is 0 Å². The topological polar surface area (TPSA) is 103 Å². The van der Waals surface area contributed by atoms with Gasteiger partial charge in [0, 0.05) is 45.0 Å². The zero-order chi connectivity index (χ0) is 22.5. The van der Waals surface area contributed by atoms with E-state index >= 15 is 0 Å². The number of fused-ring (bicyclic) bond motifs is 6. The van der Waals surface area contributed by atoms with Crippen LogP contribution in [0.1, 0.15) is 33.6 Å². The summed E-state index contributed by atoms with van der Waals surface area (Å²) in [6.07, 6.45) is 4.76. The summed E-state index contributed by atoms with van der Waals surface area (Å²) < 4.78 is 5.93. The number of carbonyl (C=O) groups excluding carboxylic acids is 1. The summed E-state index contributed by atoms with van der Waals surface area (Å²) in [7, 11) is 1.59. The molecule has 1 atom stereocenters. The predicted molar refractivity (Wildman–Crippen MR) is 124 cm³/mol. The number of aryl methyl sites for hydroxylation is 1. The number of hydrogen-bond donors (Lipinski definition) is 2. The highest BCUT2D eigenvalue weighted by atomic mass is 16.5. The third kappa shape index (κ3) is 3.43. The summed E-state index contributed by atoms with van der Waals surface area (Å²) >= 11 is 0. The van der Waals surface area contributed by atoms with E-state index in [1.165, 1.54) is 0 Å². The van der Waals surface area contributed by atoms with Gasteiger partial charge in [-0.1, -0.05) is 0 Å². The van der Waals surface area contributed by atoms with Gasteiger partial charge in [-0.25, -0.2) is 4.98 Å². The van der Waals surface area contributed by atoms with E-state index in [1.807, 2.05) is 12.3 Å². The molecule has 2 N–H and O–H groups in total. The van der Waals surface area contributed by atoms with Crippen molar-refractivity contribution in [2.24, 2.45) is 0 Å². The van der Waals surface area contributed by atoms with E-state index < -0.39 is 0 Å². The van der Waals surface area contributed by atoms with Crippen LogP contribution in [0.25, 0.3) is 11.0 Å². The van der Waals surface area contributed by atoms with Crippen LogP contribution in [0.3, 0.4) is 0 Å². The van der Waals surface area contributed by atoms with E-state index in [2.05, 4.69) is 31.2 Å². The molecule has 9 nitrogen and oxygen atoms in total. The lowest BCUT2D eigenvalue weighted by molar-refractivity contribution is 0.0956. The average Bonchev–Trinajstić information content (AvgIpc) is 3.34. The molecule has 1 amide bonds. The molecule has 2 aliphatic heterocycles. The van der Waals surface area contributed by atoms with Crippen molar-refractivity contribution in [1.82, 2.24) is 25.2 Å². The molecule has 9 heteroatoms. The molecule has 3 aliphatic rings. The largest absolute Gasteiger partial charge is 0.474 e. The molecule has 6 rings (SSSR count). The van der Waals surface area contributed by atoms with Gasteiger partial charge in [-0.2, -0.15) is 0 Å². The molecule has 0 saturated carbocycles. The van der Waals surface area contributed by atoms with E-state index in [0.717, 1.165) is 78.9 Å². The number of aromatic amines is 1. The van der Waals surface area contributed by atoms with E-state index in [4.69, 9.17) is 9.72 Å². The molecule has 1 saturated heterocycles. The Morgan fingerprint density at radius 2 is 2.15 bits per heavy atom. The molecule has 0 unspecified atom stereocenters. The molecule has 170 valence electrons. The fraction of sp³-hybridized carbons (Fsp3) is 0.417. The fourth-order valence-electron chi connectivity index (χ4n) is 5.35. The smallest absolute Gasteiger partial charge is 0.269 e. The van der Waals surface area contributed by atoms with Gasteiger partial charge in [0.25, 0.3) is 11.5 Å². The van der Waals surface area contributed by atoms with Crippen LogP contribution in [-0.2, 0) is 19.4 Å². The van der Waals surface area contributed by atoms with E-state index in [-0.39, 0.29) is 17.5 Å². The molecule has 5 heterocycles. The summed E-state index contributed by atoms with van der Waals surface area (Å²) in [4.78, 5) is 41.2. The lowest BCUT2D eigenvalue weighted by Gasteiger charge is -2.45. The van der Waals surface area contributed by atoms with Crippen molar-refractivity contribution in [3.8, 4) is 5.88 Å². The van der Waals surface area contributed by atoms with Crippen molar-refractivity contribution < 1.29 is 9.53 Å². The third-order valence-corrected chi connectivity index (χ3v) is 6.97. The van der Waals surface area contributed by atoms with E-state index in [1.54, 1.807) is 13.1 Å². The number of nitrogens with zero attached hydrogens (tertiary/aromatic N) is 4. The number of carbonyl (C=O) groups is 1. The predicted octanol–water partition coefficient (Wildman–Crippen LogP) is 1.25. The van der Waals surface area contributed by atoms with Crippen LogP contribution < -0.4 is 20.5 Å². The Bertz CT molecular complexity index is 1320. The standard InChI is InChI=1S/C24H26N6O3/c1-25-23(32)18-5-6-20-24(28-18)33-13-15-12-29(7-8-30(15)20)11-14-9-19-21(26-10-14)16-3-2-4-17(16)22(31)27-19/h5-6,9-10,15H,2-4,7-8,11-13H2,1H3,(H,25,32)(H,27,31)/t15-/m1/s1. The van der Waals surface area contributed by atoms with Crippen molar-refractivity contribution in [3.05, 3.63) is 57.1 Å². The minimum atomic E-state index is -0.219. The molecule has 0 radical (unpaired) electrons. The lowest BCUT2D eigenvalue weighted by Crippen LogP contribution is -2.57. The highest BCUT2D eigenvalue weighted by Crippen LogP contribution is 2.34. The van der Waals surface area contributed by atoms with Crippen LogP contribution >= 0.6 is 0 Å². The number of ether oxygens (including phenoxy) is 1. The highest BCUT2D eigenvalue weighted by Gasteiger charge is 2.34. The molecule has 1 fully saturated rings. The first kappa shape index (κ1) is 20.2. The molecular weight excluding hydrogens is 420 g/mol. The fourth-order valence-corrected chi connectivity index (χ4v) is 5.35. The zero-order valence-electron chi connectivity index (χ0n) is 18.6. The van der Waals surface area contributed by atoms with E-state index in [0.29, 0.717) is 18.2 Å². The Morgan fingerprint density at radius 3 is 3.03 bits per heavy atom. The molecule has 3 aromatic rings. The van der Waals surface area contributed by atoms with Crippen LogP contribution in [0.5, 0.6) is 5.88 Å². The first-order valence-electron chi connectivity index (χ1n) is 11.5. The monoisotopic (exact) mass is 446 g/mol. The van der Waals surface area contributed by atoms with Gasteiger partial charge in [-0.05, 0) is 48.6 Å². The summed E-state index contributed by atoms with van der Waals surface area (Å²) in [5.74, 6) is 0.305. The highest BCUT2D eigenvalue weighted by molar-refractivity contribution is 5.92. The normalized spacial score (nSPS) is 19.5. The lowest BCUT2D eigenvalue weighted by atomic mass is 10.1. The maximum absolute atomic E-state index is 12.4. The second-order valence-corrected chi connectivity index (χ2v) is 9.00. The van der Waals surface area contributed by atoms with Crippen molar-refractivity contribution in [2.75, 3.05) is 38.2 Å². The third-order valence-electron chi connectivity index (χ3n) is 6.97. The van der Waals surface area contributed by atoms with Gasteiger partial charge < -0.3 is 19.9 Å². The number of anilines is 1. The molecule has 33 heavy (non-hydrogen) atoms. The number of hydrogen-bond acceptors (Lipinski definition) is 7. The maximum Gasteiger partial charge on any atom is 0.269 e. The zero-order valence-corrected chi connectivity index (χ0v) is 18.6. The number of H-pyrrole nitrogens is 1. The Balaban J connectivity index is 1.19. The SMILES string of the molecule is CNC(=O)c1ccc2c(n1)OC[C@H]1CN(Cc3cnc4c5c(c(=O)[nH]c4c3)CCC5)CCN21. The van der Waals surface area contributed by atoms with Crippen molar-refractivity contribution in [1.29, 1.82) is 0 Å². The van der Waals surface area contributed by atoms with Gasteiger partial charge in [0.2, 0.25) is 5.88 Å². The van der Waals surface area contributed by atoms with Crippen LogP contribution in [0, 0.1) is 0 Å². The molecule has 0 bridgehead atoms. The summed E-state index contributed by atoms with van der Waals surface area (Å²) in [6.45, 7) is 3.91. The van der Waals surface area contributed by atoms with E-state index in [9.17, 15) is 9.59 Å². The maximum atomic E-state index is 12.4. The molecular formula is C24H26N6O3. The summed E-state index contributed by atoms with van der Waals surface area (Å²) in [5.41, 5.74) is 6.25. The van der Waals surface area contributed by atoms with Crippen LogP contribution in [0.2, 0.25) is 0 Å². The molecule has 0 aromatic carbocycles. The second kappa shape index (κ2) is 7.84. The Kier molecular flexibility index (Phi) is 4.79. The number of amides is 1. The second-order valence-electron chi connectivity index (χ2n) is 9.00. The van der Waals surface area contributed by atoms with Gasteiger partial charge in [-0.3, -0.25) is 19.5 Å². The Hall–Kier alpha value is -3.46. The number of nitrogens with one attached hydrogen (secondary N) is 2. The van der Waals surface area contributed by atoms with Crippen LogP contribution in [0.15, 0.2) is 29.2 Å². The first-order valence-corrected chi connectivity index (χ1v) is 11.5. The minimum absolute atomic E-state index is 0.0359. The quantitative estimate of drug-likeness (QED) is 0.624. The van der Waals surface area contributed by atoms with Crippen LogP contribution in [-0.4, -0.2) is 65.1 Å². The molecule has 0 spiro atoms. The number of rotatable bonds is 3. The van der Waals surface area contributed by atoms with Crippen LogP contribution in [0.4, 0.5) is 5.69 Å². The summed E-state index contributed by atoms with van der Waals surface area (Å²) in [6, 6.07) is 5.96. The first-order chi connectivity index (χ1) is 16.1. The number of piperazine rings is 1. The summed E-state index contributed by atoms with van der Waals surface area (Å²) in [5, 5.41) is 2.60. The Morgan fingerprint density at radius 1 is 1.27 bits per heavy atom. The average molecular weight is 447 g/mol. The van der Waals surface area contributed by atoms with Gasteiger partial charge >= 0.3 is 0 Å².